The van der Waals surface area contributed by atoms with E-state index < -0.39 is 0 Å². The zero-order valence-corrected chi connectivity index (χ0v) is 17.0. The average Bonchev–Trinajstić information content (AvgIpc) is 3.24. The van der Waals surface area contributed by atoms with Crippen molar-refractivity contribution in [3.63, 3.8) is 0 Å². The molecule has 2 N–H and O–H groups in total. The minimum atomic E-state index is -0.329. The summed E-state index contributed by atoms with van der Waals surface area (Å²) in [7, 11) is 0. The van der Waals surface area contributed by atoms with Gasteiger partial charge in [0.15, 0.2) is 0 Å². The maximum atomic E-state index is 12.5. The van der Waals surface area contributed by atoms with E-state index >= 15 is 0 Å². The number of carbonyl (C=O) groups excluding carboxylic acids is 2. The Balaban J connectivity index is 1.69. The Labute approximate surface area is 167 Å². The van der Waals surface area contributed by atoms with E-state index in [0.717, 1.165) is 12.8 Å². The van der Waals surface area contributed by atoms with E-state index in [9.17, 15) is 9.59 Å². The summed E-state index contributed by atoms with van der Waals surface area (Å²) in [5, 5.41) is 15.5. The van der Waals surface area contributed by atoms with Crippen LogP contribution in [-0.4, -0.2) is 39.1 Å². The molecule has 3 amide bonds. The van der Waals surface area contributed by atoms with Gasteiger partial charge in [-0.2, -0.15) is 0 Å². The molecular formula is C18H22ClN5O2S. The monoisotopic (exact) mass is 407 g/mol. The van der Waals surface area contributed by atoms with Gasteiger partial charge < -0.3 is 15.5 Å². The number of carbonyl (C=O) groups is 2. The van der Waals surface area contributed by atoms with Crippen LogP contribution in [0.25, 0.3) is 0 Å². The summed E-state index contributed by atoms with van der Waals surface area (Å²) in [6.45, 7) is 6.50. The van der Waals surface area contributed by atoms with Crippen molar-refractivity contribution in [1.82, 2.24) is 20.4 Å². The maximum absolute atomic E-state index is 12.5. The quantitative estimate of drug-likeness (QED) is 0.802. The van der Waals surface area contributed by atoms with Gasteiger partial charge in [0.2, 0.25) is 5.01 Å². The van der Waals surface area contributed by atoms with E-state index in [1.807, 2.05) is 20.8 Å². The second-order valence-corrected chi connectivity index (χ2v) is 8.88. The van der Waals surface area contributed by atoms with Crippen LogP contribution in [0, 0.1) is 0 Å². The van der Waals surface area contributed by atoms with Crippen LogP contribution in [0.5, 0.6) is 0 Å². The van der Waals surface area contributed by atoms with Gasteiger partial charge >= 0.3 is 6.03 Å². The van der Waals surface area contributed by atoms with E-state index in [1.165, 1.54) is 11.3 Å². The first-order valence-corrected chi connectivity index (χ1v) is 9.91. The molecular weight excluding hydrogens is 386 g/mol. The van der Waals surface area contributed by atoms with Gasteiger partial charge in [-0.25, -0.2) is 4.79 Å². The molecule has 0 unspecified atom stereocenters. The lowest BCUT2D eigenvalue weighted by atomic mass is 10.1. The van der Waals surface area contributed by atoms with Crippen molar-refractivity contribution in [3.05, 3.63) is 39.3 Å². The zero-order chi connectivity index (χ0) is 19.6. The summed E-state index contributed by atoms with van der Waals surface area (Å²) in [5.41, 5.74) is 0.322. The van der Waals surface area contributed by atoms with Crippen molar-refractivity contribution in [2.75, 3.05) is 11.9 Å². The molecule has 1 aliphatic heterocycles. The van der Waals surface area contributed by atoms with Crippen LogP contribution in [0.1, 0.15) is 54.5 Å². The van der Waals surface area contributed by atoms with E-state index in [2.05, 4.69) is 20.8 Å². The average molecular weight is 408 g/mol. The Morgan fingerprint density at radius 1 is 1.22 bits per heavy atom. The molecule has 1 aromatic carbocycles. The molecule has 0 radical (unpaired) electrons. The largest absolute Gasteiger partial charge is 0.333 e. The Bertz CT molecular complexity index is 831. The highest BCUT2D eigenvalue weighted by Gasteiger charge is 2.34. The second kappa shape index (κ2) is 7.82. The molecule has 0 bridgehead atoms. The molecule has 7 nitrogen and oxygen atoms in total. The predicted molar refractivity (Wildman–Crippen MR) is 106 cm³/mol. The Morgan fingerprint density at radius 3 is 2.59 bits per heavy atom. The van der Waals surface area contributed by atoms with Crippen LogP contribution in [0.4, 0.5) is 10.5 Å². The third kappa shape index (κ3) is 4.95. The molecule has 2 aromatic rings. The molecule has 1 atom stereocenters. The summed E-state index contributed by atoms with van der Waals surface area (Å²) in [6.07, 6.45) is 1.71. The zero-order valence-electron chi connectivity index (χ0n) is 15.5. The number of hydrogen-bond donors (Lipinski definition) is 2. The maximum Gasteiger partial charge on any atom is 0.318 e. The van der Waals surface area contributed by atoms with E-state index in [4.69, 9.17) is 11.6 Å². The Morgan fingerprint density at radius 2 is 1.93 bits per heavy atom. The lowest BCUT2D eigenvalue weighted by Gasteiger charge is -2.28. The fourth-order valence-corrected chi connectivity index (χ4v) is 3.85. The topological polar surface area (TPSA) is 87.2 Å². The molecule has 1 aromatic heterocycles. The van der Waals surface area contributed by atoms with Crippen molar-refractivity contribution in [3.8, 4) is 0 Å². The van der Waals surface area contributed by atoms with Crippen molar-refractivity contribution >= 4 is 40.6 Å². The van der Waals surface area contributed by atoms with Gasteiger partial charge in [-0.1, -0.05) is 22.9 Å². The highest BCUT2D eigenvalue weighted by Crippen LogP contribution is 2.34. The number of amides is 3. The van der Waals surface area contributed by atoms with Crippen LogP contribution in [0.2, 0.25) is 5.02 Å². The van der Waals surface area contributed by atoms with Gasteiger partial charge in [-0.3, -0.25) is 4.79 Å². The van der Waals surface area contributed by atoms with Gasteiger partial charge in [0.1, 0.15) is 5.01 Å². The Kier molecular flexibility index (Phi) is 5.67. The van der Waals surface area contributed by atoms with Crippen LogP contribution >= 0.6 is 22.9 Å². The van der Waals surface area contributed by atoms with Crippen molar-refractivity contribution in [2.24, 2.45) is 0 Å². The molecule has 144 valence electrons. The number of likely N-dealkylation sites (tertiary alicyclic amines) is 1. The number of hydrogen-bond acceptors (Lipinski definition) is 5. The molecule has 1 saturated heterocycles. The minimum absolute atomic E-state index is 0.118. The first kappa shape index (κ1) is 19.6. The molecule has 27 heavy (non-hydrogen) atoms. The van der Waals surface area contributed by atoms with Crippen LogP contribution < -0.4 is 10.6 Å². The highest BCUT2D eigenvalue weighted by atomic mass is 35.5. The van der Waals surface area contributed by atoms with Gasteiger partial charge in [0.25, 0.3) is 5.91 Å². The lowest BCUT2D eigenvalue weighted by Crippen LogP contribution is -2.48. The van der Waals surface area contributed by atoms with Gasteiger partial charge in [0.05, 0.1) is 6.04 Å². The standard InChI is InChI=1S/C18H22ClN5O2S/c1-18(2,3)21-17(26)24-10-4-5-13(24)15-22-23-16(27-15)14(25)20-12-8-6-11(19)7-9-12/h6-9,13H,4-5,10H2,1-3H3,(H,20,25)(H,21,26)/t13-/m1/s1. The number of benzene rings is 1. The normalized spacial score (nSPS) is 17.0. The van der Waals surface area contributed by atoms with Gasteiger partial charge in [0, 0.05) is 22.8 Å². The summed E-state index contributed by atoms with van der Waals surface area (Å²) < 4.78 is 0. The van der Waals surface area contributed by atoms with Crippen molar-refractivity contribution < 1.29 is 9.59 Å². The van der Waals surface area contributed by atoms with Crippen molar-refractivity contribution in [1.29, 1.82) is 0 Å². The lowest BCUT2D eigenvalue weighted by molar-refractivity contribution is 0.102. The van der Waals surface area contributed by atoms with Gasteiger partial charge in [-0.15, -0.1) is 10.2 Å². The smallest absolute Gasteiger partial charge is 0.318 e. The van der Waals surface area contributed by atoms with Crippen LogP contribution in [-0.2, 0) is 0 Å². The number of rotatable bonds is 3. The predicted octanol–water partition coefficient (Wildman–Crippen LogP) is 4.09. The van der Waals surface area contributed by atoms with E-state index in [1.54, 1.807) is 29.2 Å². The van der Waals surface area contributed by atoms with E-state index in [0.29, 0.717) is 22.3 Å². The van der Waals surface area contributed by atoms with Gasteiger partial charge in [-0.05, 0) is 57.9 Å². The fourth-order valence-electron chi connectivity index (χ4n) is 2.84. The summed E-state index contributed by atoms with van der Waals surface area (Å²) in [4.78, 5) is 26.7. The minimum Gasteiger partial charge on any atom is -0.333 e. The second-order valence-electron chi connectivity index (χ2n) is 7.44. The molecule has 0 spiro atoms. The number of urea groups is 1. The number of aromatic nitrogens is 2. The molecule has 2 heterocycles. The summed E-state index contributed by atoms with van der Waals surface area (Å²) in [6, 6.07) is 6.57. The molecule has 3 rings (SSSR count). The van der Waals surface area contributed by atoms with E-state index in [-0.39, 0.29) is 28.5 Å². The van der Waals surface area contributed by atoms with Crippen LogP contribution in [0.15, 0.2) is 24.3 Å². The third-order valence-electron chi connectivity index (χ3n) is 4.02. The molecule has 0 saturated carbocycles. The summed E-state index contributed by atoms with van der Waals surface area (Å²) >= 11 is 7.07. The number of halogens is 1. The number of nitrogens with zero attached hydrogens (tertiary/aromatic N) is 3. The summed E-state index contributed by atoms with van der Waals surface area (Å²) in [5.74, 6) is -0.329. The molecule has 9 heteroatoms. The van der Waals surface area contributed by atoms with Crippen LogP contribution in [0.3, 0.4) is 0 Å². The Hall–Kier alpha value is -2.19. The molecule has 1 fully saturated rings. The SMILES string of the molecule is CC(C)(C)NC(=O)N1CCC[C@@H]1c1nnc(C(=O)Nc2ccc(Cl)cc2)s1. The number of nitrogens with one attached hydrogen (secondary N) is 2. The van der Waals surface area contributed by atoms with Crippen molar-refractivity contribution in [2.45, 2.75) is 45.2 Å². The highest BCUT2D eigenvalue weighted by molar-refractivity contribution is 7.13. The third-order valence-corrected chi connectivity index (χ3v) is 5.29. The first-order chi connectivity index (χ1) is 12.7. The molecule has 0 aliphatic carbocycles. The number of anilines is 1. The molecule has 1 aliphatic rings. The first-order valence-electron chi connectivity index (χ1n) is 8.72. The fraction of sp³-hybridized carbons (Fsp3) is 0.444.